The molecule has 76 valence electrons. The third-order valence-electron chi connectivity index (χ3n) is 1.92. The molecule has 2 aromatic rings. The Labute approximate surface area is 93.8 Å². The Hall–Kier alpha value is -1.42. The Balaban J connectivity index is 2.36. The first-order valence-corrected chi connectivity index (χ1v) is 5.00. The minimum atomic E-state index is -0.427. The maximum atomic E-state index is 12.9. The molecule has 0 aliphatic carbocycles. The monoisotopic (exact) mass is 268 g/mol. The van der Waals surface area contributed by atoms with Crippen molar-refractivity contribution in [2.45, 2.75) is 0 Å². The molecule has 1 aromatic carbocycles. The molecule has 0 N–H and O–H groups in total. The first kappa shape index (κ1) is 10.1. The molecule has 0 spiro atoms. The summed E-state index contributed by atoms with van der Waals surface area (Å²) in [4.78, 5) is 11.8. The molecule has 0 aliphatic rings. The van der Waals surface area contributed by atoms with Crippen molar-refractivity contribution < 1.29 is 13.6 Å². The van der Waals surface area contributed by atoms with Crippen LogP contribution < -0.4 is 0 Å². The smallest absolute Gasteiger partial charge is 0.196 e. The Morgan fingerprint density at radius 1 is 1.27 bits per heavy atom. The van der Waals surface area contributed by atoms with Crippen molar-refractivity contribution in [1.29, 1.82) is 0 Å². The second kappa shape index (κ2) is 3.98. The fourth-order valence-corrected chi connectivity index (χ4v) is 1.57. The number of carbonyl (C=O) groups excluding carboxylic acids is 1. The predicted octanol–water partition coefficient (Wildman–Crippen LogP) is 3.41. The topological polar surface area (TPSA) is 30.2 Å². The standard InChI is InChI=1S/C11H6BrFO2/c12-10-5-8(6-15-10)11(14)7-2-1-3-9(13)4-7/h1-6H. The Kier molecular flexibility index (Phi) is 2.68. The fraction of sp³-hybridized carbons (Fsp3) is 0. The van der Waals surface area contributed by atoms with E-state index in [0.29, 0.717) is 15.8 Å². The molecule has 0 saturated carbocycles. The summed E-state index contributed by atoms with van der Waals surface area (Å²) in [5.41, 5.74) is 0.704. The van der Waals surface area contributed by atoms with Crippen molar-refractivity contribution in [3.8, 4) is 0 Å². The molecular formula is C11H6BrFO2. The average molecular weight is 269 g/mol. The zero-order chi connectivity index (χ0) is 10.8. The zero-order valence-electron chi connectivity index (χ0n) is 7.54. The summed E-state index contributed by atoms with van der Waals surface area (Å²) in [6.07, 6.45) is 1.33. The molecule has 0 amide bonds. The molecule has 2 nitrogen and oxygen atoms in total. The van der Waals surface area contributed by atoms with E-state index in [1.807, 2.05) is 0 Å². The van der Waals surface area contributed by atoms with E-state index in [9.17, 15) is 9.18 Å². The van der Waals surface area contributed by atoms with Crippen molar-refractivity contribution in [3.05, 3.63) is 58.2 Å². The lowest BCUT2D eigenvalue weighted by atomic mass is 10.1. The number of carbonyl (C=O) groups is 1. The normalized spacial score (nSPS) is 10.3. The second-order valence-corrected chi connectivity index (χ2v) is 3.76. The lowest BCUT2D eigenvalue weighted by Crippen LogP contribution is -1.99. The van der Waals surface area contributed by atoms with Crippen LogP contribution >= 0.6 is 15.9 Å². The first-order valence-electron chi connectivity index (χ1n) is 4.21. The van der Waals surface area contributed by atoms with Gasteiger partial charge >= 0.3 is 0 Å². The number of hydrogen-bond donors (Lipinski definition) is 0. The van der Waals surface area contributed by atoms with Crippen LogP contribution in [0.2, 0.25) is 0 Å². The Morgan fingerprint density at radius 3 is 2.67 bits per heavy atom. The van der Waals surface area contributed by atoms with Crippen molar-refractivity contribution in [2.24, 2.45) is 0 Å². The molecule has 4 heteroatoms. The molecule has 1 aromatic heterocycles. The highest BCUT2D eigenvalue weighted by molar-refractivity contribution is 9.10. The number of hydrogen-bond acceptors (Lipinski definition) is 2. The average Bonchev–Trinajstić information content (AvgIpc) is 2.64. The van der Waals surface area contributed by atoms with Crippen LogP contribution in [0.1, 0.15) is 15.9 Å². The van der Waals surface area contributed by atoms with Crippen molar-refractivity contribution in [3.63, 3.8) is 0 Å². The SMILES string of the molecule is O=C(c1cccc(F)c1)c1coc(Br)c1. The molecule has 0 radical (unpaired) electrons. The molecule has 2 rings (SSSR count). The van der Waals surface area contributed by atoms with Gasteiger partial charge in [-0.2, -0.15) is 0 Å². The second-order valence-electron chi connectivity index (χ2n) is 2.98. The van der Waals surface area contributed by atoms with Gasteiger partial charge in [-0.3, -0.25) is 4.79 Å². The molecule has 0 saturated heterocycles. The van der Waals surface area contributed by atoms with Gasteiger partial charge in [0.1, 0.15) is 12.1 Å². The minimum absolute atomic E-state index is 0.260. The third-order valence-corrected chi connectivity index (χ3v) is 2.33. The predicted molar refractivity (Wildman–Crippen MR) is 56.2 cm³/mol. The molecule has 0 fully saturated rings. The van der Waals surface area contributed by atoms with E-state index in [0.717, 1.165) is 0 Å². The molecule has 0 aliphatic heterocycles. The van der Waals surface area contributed by atoms with E-state index in [4.69, 9.17) is 4.42 Å². The van der Waals surface area contributed by atoms with Gasteiger partial charge in [0.15, 0.2) is 10.5 Å². The van der Waals surface area contributed by atoms with E-state index in [1.165, 1.54) is 24.5 Å². The van der Waals surface area contributed by atoms with E-state index >= 15 is 0 Å². The first-order chi connectivity index (χ1) is 7.16. The molecule has 0 bridgehead atoms. The van der Waals surface area contributed by atoms with Crippen LogP contribution in [0.15, 0.2) is 45.7 Å². The van der Waals surface area contributed by atoms with Gasteiger partial charge in [-0.05, 0) is 28.1 Å². The van der Waals surface area contributed by atoms with Gasteiger partial charge in [0.05, 0.1) is 5.56 Å². The number of rotatable bonds is 2. The van der Waals surface area contributed by atoms with Crippen LogP contribution in [-0.2, 0) is 0 Å². The van der Waals surface area contributed by atoms with Crippen LogP contribution in [0.3, 0.4) is 0 Å². The van der Waals surface area contributed by atoms with Gasteiger partial charge in [-0.1, -0.05) is 12.1 Å². The Morgan fingerprint density at radius 2 is 2.07 bits per heavy atom. The van der Waals surface area contributed by atoms with Crippen molar-refractivity contribution in [2.75, 3.05) is 0 Å². The number of benzene rings is 1. The summed E-state index contributed by atoms with van der Waals surface area (Å²) in [5, 5.41) is 0. The lowest BCUT2D eigenvalue weighted by Gasteiger charge is -1.96. The third kappa shape index (κ3) is 2.15. The summed E-state index contributed by atoms with van der Waals surface area (Å²) >= 11 is 3.09. The van der Waals surface area contributed by atoms with Gasteiger partial charge in [0.2, 0.25) is 0 Å². The summed E-state index contributed by atoms with van der Waals surface area (Å²) in [6.45, 7) is 0. The maximum absolute atomic E-state index is 12.9. The van der Waals surface area contributed by atoms with Crippen molar-refractivity contribution >= 4 is 21.7 Å². The van der Waals surface area contributed by atoms with Crippen LogP contribution in [-0.4, -0.2) is 5.78 Å². The molecular weight excluding hydrogens is 263 g/mol. The maximum Gasteiger partial charge on any atom is 0.196 e. The molecule has 1 heterocycles. The Bertz CT molecular complexity index is 505. The fourth-order valence-electron chi connectivity index (χ4n) is 1.23. The lowest BCUT2D eigenvalue weighted by molar-refractivity contribution is 0.103. The number of ketones is 1. The highest BCUT2D eigenvalue weighted by Crippen LogP contribution is 2.17. The van der Waals surface area contributed by atoms with Gasteiger partial charge in [0.25, 0.3) is 0 Å². The summed E-state index contributed by atoms with van der Waals surface area (Å²) in [7, 11) is 0. The van der Waals surface area contributed by atoms with E-state index in [2.05, 4.69) is 15.9 Å². The van der Waals surface area contributed by atoms with Gasteiger partial charge in [0, 0.05) is 11.6 Å². The number of halogens is 2. The largest absolute Gasteiger partial charge is 0.457 e. The quantitative estimate of drug-likeness (QED) is 0.782. The summed E-state index contributed by atoms with van der Waals surface area (Å²) in [6, 6.07) is 7.10. The zero-order valence-corrected chi connectivity index (χ0v) is 9.12. The van der Waals surface area contributed by atoms with Crippen molar-refractivity contribution in [1.82, 2.24) is 0 Å². The highest BCUT2D eigenvalue weighted by atomic mass is 79.9. The van der Waals surface area contributed by atoms with Gasteiger partial charge in [-0.15, -0.1) is 0 Å². The van der Waals surface area contributed by atoms with E-state index in [1.54, 1.807) is 12.1 Å². The molecule has 0 unspecified atom stereocenters. The van der Waals surface area contributed by atoms with Crippen LogP contribution in [0, 0.1) is 5.82 Å². The highest BCUT2D eigenvalue weighted by Gasteiger charge is 2.12. The molecule has 15 heavy (non-hydrogen) atoms. The van der Waals surface area contributed by atoms with Crippen LogP contribution in [0.25, 0.3) is 0 Å². The summed E-state index contributed by atoms with van der Waals surface area (Å²) < 4.78 is 18.3. The van der Waals surface area contributed by atoms with Crippen LogP contribution in [0.4, 0.5) is 4.39 Å². The van der Waals surface area contributed by atoms with E-state index in [-0.39, 0.29) is 5.78 Å². The summed E-state index contributed by atoms with van der Waals surface area (Å²) in [5.74, 6) is -0.688. The van der Waals surface area contributed by atoms with E-state index < -0.39 is 5.82 Å². The van der Waals surface area contributed by atoms with Gasteiger partial charge in [-0.25, -0.2) is 4.39 Å². The molecule has 0 atom stereocenters. The van der Waals surface area contributed by atoms with Gasteiger partial charge < -0.3 is 4.42 Å². The number of furan rings is 1. The van der Waals surface area contributed by atoms with Crippen LogP contribution in [0.5, 0.6) is 0 Å². The minimum Gasteiger partial charge on any atom is -0.457 e.